The van der Waals surface area contributed by atoms with Gasteiger partial charge in [0.05, 0.1) is 28.3 Å². The van der Waals surface area contributed by atoms with Crippen LogP contribution < -0.4 is 10.1 Å². The molecule has 0 fully saturated rings. The van der Waals surface area contributed by atoms with Crippen LogP contribution in [0.2, 0.25) is 0 Å². The predicted octanol–water partition coefficient (Wildman–Crippen LogP) is 6.76. The van der Waals surface area contributed by atoms with Crippen LogP contribution in [0.5, 0.6) is 5.75 Å². The molecule has 0 unspecified atom stereocenters. The van der Waals surface area contributed by atoms with Gasteiger partial charge in [-0.15, -0.1) is 5.11 Å². The largest absolute Gasteiger partial charge is 0.490 e. The molecule has 39 heavy (non-hydrogen) atoms. The number of carbonyl (C=O) groups excluding carboxylic acids is 2. The Hall–Kier alpha value is -5.02. The maximum Gasteiger partial charge on any atom is 0.311 e. The molecule has 0 atom stereocenters. The first-order valence-corrected chi connectivity index (χ1v) is 12.3. The van der Waals surface area contributed by atoms with E-state index in [1.54, 1.807) is 54.6 Å². The van der Waals surface area contributed by atoms with Crippen molar-refractivity contribution in [2.45, 2.75) is 34.1 Å². The molecule has 0 spiro atoms. The maximum absolute atomic E-state index is 12.7. The SMILES string of the molecule is CCC(C)(C)C(=O)OCCOc1ccc(C(=O)Nc2ccc(/N=N/c3ccc(C#N)cc3C#N)cc2C)cc1. The summed E-state index contributed by atoms with van der Waals surface area (Å²) >= 11 is 0. The van der Waals surface area contributed by atoms with Crippen molar-refractivity contribution in [3.8, 4) is 17.9 Å². The highest BCUT2D eigenvalue weighted by Gasteiger charge is 2.26. The Bertz CT molecular complexity index is 1460. The predicted molar refractivity (Wildman–Crippen MR) is 146 cm³/mol. The summed E-state index contributed by atoms with van der Waals surface area (Å²) in [6, 6.07) is 20.5. The minimum Gasteiger partial charge on any atom is -0.490 e. The van der Waals surface area contributed by atoms with Crippen molar-refractivity contribution in [2.24, 2.45) is 15.6 Å². The zero-order valence-corrected chi connectivity index (χ0v) is 22.3. The van der Waals surface area contributed by atoms with E-state index in [1.165, 1.54) is 6.07 Å². The summed E-state index contributed by atoms with van der Waals surface area (Å²) in [4.78, 5) is 24.8. The molecule has 0 heterocycles. The molecule has 0 saturated carbocycles. The second-order valence-electron chi connectivity index (χ2n) is 9.36. The number of nitriles is 2. The fraction of sp³-hybridized carbons (Fsp3) is 0.267. The third kappa shape index (κ3) is 7.73. The summed E-state index contributed by atoms with van der Waals surface area (Å²) in [7, 11) is 0. The molecule has 198 valence electrons. The number of nitrogens with one attached hydrogen (secondary N) is 1. The molecule has 9 heteroatoms. The van der Waals surface area contributed by atoms with Crippen LogP contribution in [0.25, 0.3) is 0 Å². The monoisotopic (exact) mass is 523 g/mol. The Balaban J connectivity index is 1.56. The summed E-state index contributed by atoms with van der Waals surface area (Å²) in [5, 5.41) is 29.5. The van der Waals surface area contributed by atoms with Gasteiger partial charge in [0.2, 0.25) is 0 Å². The molecule has 0 radical (unpaired) electrons. The van der Waals surface area contributed by atoms with E-state index >= 15 is 0 Å². The molecule has 0 aromatic heterocycles. The van der Waals surface area contributed by atoms with Gasteiger partial charge in [-0.2, -0.15) is 15.6 Å². The molecule has 1 amide bonds. The number of esters is 1. The highest BCUT2D eigenvalue weighted by molar-refractivity contribution is 6.04. The van der Waals surface area contributed by atoms with Crippen LogP contribution in [-0.4, -0.2) is 25.1 Å². The number of anilines is 1. The van der Waals surface area contributed by atoms with Crippen LogP contribution in [0.1, 0.15) is 54.2 Å². The van der Waals surface area contributed by atoms with Gasteiger partial charge in [0, 0.05) is 11.3 Å². The Morgan fingerprint density at radius 3 is 2.33 bits per heavy atom. The fourth-order valence-electron chi connectivity index (χ4n) is 3.27. The lowest BCUT2D eigenvalue weighted by Crippen LogP contribution is -2.27. The molecular formula is C30H29N5O4. The van der Waals surface area contributed by atoms with Gasteiger partial charge < -0.3 is 14.8 Å². The lowest BCUT2D eigenvalue weighted by Gasteiger charge is -2.20. The summed E-state index contributed by atoms with van der Waals surface area (Å²) in [5.74, 6) is 0.0162. The highest BCUT2D eigenvalue weighted by Crippen LogP contribution is 2.26. The topological polar surface area (TPSA) is 137 Å². The maximum atomic E-state index is 12.7. The summed E-state index contributed by atoms with van der Waals surface area (Å²) < 4.78 is 10.9. The van der Waals surface area contributed by atoms with Gasteiger partial charge in [0.1, 0.15) is 30.7 Å². The van der Waals surface area contributed by atoms with Crippen LogP contribution in [0, 0.1) is 35.0 Å². The smallest absolute Gasteiger partial charge is 0.311 e. The normalized spacial score (nSPS) is 10.9. The number of benzene rings is 3. The molecule has 3 aromatic carbocycles. The van der Waals surface area contributed by atoms with E-state index in [0.717, 1.165) is 5.56 Å². The van der Waals surface area contributed by atoms with Crippen LogP contribution in [0.15, 0.2) is 70.9 Å². The van der Waals surface area contributed by atoms with Crippen LogP contribution in [0.3, 0.4) is 0 Å². The third-order valence-electron chi connectivity index (χ3n) is 6.12. The van der Waals surface area contributed by atoms with E-state index in [1.807, 2.05) is 39.8 Å². The molecule has 0 aliphatic heterocycles. The van der Waals surface area contributed by atoms with E-state index in [-0.39, 0.29) is 30.7 Å². The van der Waals surface area contributed by atoms with E-state index in [0.29, 0.717) is 40.4 Å². The van der Waals surface area contributed by atoms with Crippen LogP contribution >= 0.6 is 0 Å². The molecule has 1 N–H and O–H groups in total. The molecule has 0 aliphatic rings. The summed E-state index contributed by atoms with van der Waals surface area (Å²) in [6.07, 6.45) is 0.690. The molecule has 9 nitrogen and oxygen atoms in total. The second kappa shape index (κ2) is 13.0. The summed E-state index contributed by atoms with van der Waals surface area (Å²) in [6.45, 7) is 7.81. The number of azo groups is 1. The first-order valence-electron chi connectivity index (χ1n) is 12.3. The first kappa shape index (κ1) is 28.5. The van der Waals surface area contributed by atoms with Gasteiger partial charge in [-0.25, -0.2) is 0 Å². The average Bonchev–Trinajstić information content (AvgIpc) is 2.95. The average molecular weight is 524 g/mol. The van der Waals surface area contributed by atoms with Gasteiger partial charge in [0.15, 0.2) is 0 Å². The highest BCUT2D eigenvalue weighted by atomic mass is 16.6. The van der Waals surface area contributed by atoms with Crippen molar-refractivity contribution in [3.05, 3.63) is 82.9 Å². The van der Waals surface area contributed by atoms with Crippen LogP contribution in [-0.2, 0) is 9.53 Å². The van der Waals surface area contributed by atoms with E-state index in [2.05, 4.69) is 15.5 Å². The first-order chi connectivity index (χ1) is 18.7. The minimum absolute atomic E-state index is 0.145. The Labute approximate surface area is 227 Å². The number of rotatable bonds is 10. The number of amides is 1. The van der Waals surface area contributed by atoms with E-state index < -0.39 is 5.41 Å². The van der Waals surface area contributed by atoms with Crippen molar-refractivity contribution < 1.29 is 19.1 Å². The fourth-order valence-corrected chi connectivity index (χ4v) is 3.27. The standard InChI is InChI=1S/C30H29N5O4/c1-5-30(3,4)29(37)39-15-14-38-25-10-7-22(8-11-25)28(36)33-26-13-9-24(16-20(26)2)34-35-27-12-6-21(18-31)17-23(27)19-32/h6-13,16-17H,5,14-15H2,1-4H3,(H,33,36)/b35-34+. The van der Waals surface area contributed by atoms with E-state index in [4.69, 9.17) is 14.7 Å². The number of nitrogens with zero attached hydrogens (tertiary/aromatic N) is 4. The van der Waals surface area contributed by atoms with E-state index in [9.17, 15) is 14.9 Å². The zero-order valence-electron chi connectivity index (χ0n) is 22.3. The summed E-state index contributed by atoms with van der Waals surface area (Å²) in [5.41, 5.74) is 2.86. The van der Waals surface area contributed by atoms with Crippen molar-refractivity contribution in [1.82, 2.24) is 0 Å². The Kier molecular flexibility index (Phi) is 9.50. The quantitative estimate of drug-likeness (QED) is 0.177. The van der Waals surface area contributed by atoms with Crippen molar-refractivity contribution >= 4 is 28.9 Å². The molecule has 3 rings (SSSR count). The molecular weight excluding hydrogens is 494 g/mol. The number of hydrogen-bond acceptors (Lipinski definition) is 8. The number of ether oxygens (including phenoxy) is 2. The lowest BCUT2D eigenvalue weighted by molar-refractivity contribution is -0.154. The van der Waals surface area contributed by atoms with Gasteiger partial charge in [-0.05, 0) is 93.4 Å². The van der Waals surface area contributed by atoms with Crippen molar-refractivity contribution in [1.29, 1.82) is 10.5 Å². The number of hydrogen-bond donors (Lipinski definition) is 1. The Morgan fingerprint density at radius 2 is 1.69 bits per heavy atom. The zero-order chi connectivity index (χ0) is 28.4. The van der Waals surface area contributed by atoms with Gasteiger partial charge in [-0.1, -0.05) is 6.92 Å². The van der Waals surface area contributed by atoms with Gasteiger partial charge in [-0.3, -0.25) is 9.59 Å². The molecule has 0 bridgehead atoms. The lowest BCUT2D eigenvalue weighted by atomic mass is 9.91. The van der Waals surface area contributed by atoms with Crippen molar-refractivity contribution in [2.75, 3.05) is 18.5 Å². The molecule has 3 aromatic rings. The minimum atomic E-state index is -0.522. The van der Waals surface area contributed by atoms with Crippen LogP contribution in [0.4, 0.5) is 17.1 Å². The van der Waals surface area contributed by atoms with Gasteiger partial charge >= 0.3 is 5.97 Å². The number of carbonyl (C=O) groups is 2. The van der Waals surface area contributed by atoms with Gasteiger partial charge in [0.25, 0.3) is 5.91 Å². The number of aryl methyl sites for hydroxylation is 1. The second-order valence-corrected chi connectivity index (χ2v) is 9.36. The Morgan fingerprint density at radius 1 is 0.949 bits per heavy atom. The third-order valence-corrected chi connectivity index (χ3v) is 6.12. The molecule has 0 saturated heterocycles. The van der Waals surface area contributed by atoms with Crippen molar-refractivity contribution in [3.63, 3.8) is 0 Å². The molecule has 0 aliphatic carbocycles.